The van der Waals surface area contributed by atoms with Crippen LogP contribution in [0.2, 0.25) is 10.0 Å². The summed E-state index contributed by atoms with van der Waals surface area (Å²) in [5.74, 6) is 0.879. The minimum Gasteiger partial charge on any atom is -0.339 e. The maximum atomic E-state index is 6.15. The monoisotopic (exact) mass is 359 g/mol. The predicted octanol–water partition coefficient (Wildman–Crippen LogP) is 5.28. The molecule has 7 heteroatoms. The number of aryl methyl sites for hydroxylation is 2. The quantitative estimate of drug-likeness (QED) is 0.663. The van der Waals surface area contributed by atoms with E-state index in [9.17, 15) is 0 Å². The first-order valence-corrected chi connectivity index (χ1v) is 8.03. The van der Waals surface area contributed by atoms with Crippen molar-refractivity contribution in [1.29, 1.82) is 0 Å². The summed E-state index contributed by atoms with van der Waals surface area (Å²) in [6.07, 6.45) is 1.56. The summed E-state index contributed by atoms with van der Waals surface area (Å²) >= 11 is 12.3. The topological polar surface area (TPSA) is 62.7 Å². The molecule has 0 aliphatic rings. The summed E-state index contributed by atoms with van der Waals surface area (Å²) in [6, 6.07) is 11.4. The minimum absolute atomic E-state index is 0.306. The van der Waals surface area contributed by atoms with E-state index in [0.717, 1.165) is 16.8 Å². The third-order valence-corrected chi connectivity index (χ3v) is 4.04. The number of nitrogens with one attached hydrogen (secondary N) is 2. The van der Waals surface area contributed by atoms with Crippen molar-refractivity contribution < 1.29 is 0 Å². The van der Waals surface area contributed by atoms with Crippen LogP contribution in [0.15, 0.2) is 42.6 Å². The van der Waals surface area contributed by atoms with E-state index in [1.807, 2.05) is 13.8 Å². The third-order valence-electron chi connectivity index (χ3n) is 3.41. The lowest BCUT2D eigenvalue weighted by Crippen LogP contribution is -2.03. The maximum absolute atomic E-state index is 6.15. The normalized spacial score (nSPS) is 10.5. The average Bonchev–Trinajstić information content (AvgIpc) is 2.55. The number of nitrogens with zero attached hydrogens (tertiary/aromatic N) is 3. The highest BCUT2D eigenvalue weighted by atomic mass is 35.5. The molecule has 5 nitrogen and oxygen atoms in total. The molecule has 0 aliphatic carbocycles. The summed E-state index contributed by atoms with van der Waals surface area (Å²) < 4.78 is 0. The molecule has 1 aromatic heterocycles. The van der Waals surface area contributed by atoms with Gasteiger partial charge in [0.25, 0.3) is 0 Å². The van der Waals surface area contributed by atoms with Gasteiger partial charge in [0.15, 0.2) is 5.82 Å². The van der Waals surface area contributed by atoms with Crippen molar-refractivity contribution in [3.63, 3.8) is 0 Å². The highest BCUT2D eigenvalue weighted by molar-refractivity contribution is 6.39. The second-order valence-electron chi connectivity index (χ2n) is 5.33. The van der Waals surface area contributed by atoms with Gasteiger partial charge in [0.1, 0.15) is 0 Å². The Morgan fingerprint density at radius 3 is 2.46 bits per heavy atom. The second-order valence-corrected chi connectivity index (χ2v) is 6.14. The van der Waals surface area contributed by atoms with Crippen LogP contribution in [0.4, 0.5) is 23.1 Å². The molecule has 1 heterocycles. The van der Waals surface area contributed by atoms with Crippen LogP contribution >= 0.6 is 23.2 Å². The number of hydrogen-bond donors (Lipinski definition) is 2. The summed E-state index contributed by atoms with van der Waals surface area (Å²) in [5.41, 5.74) is 3.79. The van der Waals surface area contributed by atoms with Crippen LogP contribution in [0.25, 0.3) is 0 Å². The van der Waals surface area contributed by atoms with Crippen molar-refractivity contribution in [3.05, 3.63) is 63.8 Å². The number of benzene rings is 2. The van der Waals surface area contributed by atoms with Crippen molar-refractivity contribution in [2.75, 3.05) is 10.6 Å². The first-order valence-electron chi connectivity index (χ1n) is 7.28. The van der Waals surface area contributed by atoms with E-state index in [4.69, 9.17) is 23.2 Å². The summed E-state index contributed by atoms with van der Waals surface area (Å²) in [5, 5.41) is 15.2. The largest absolute Gasteiger partial charge is 0.339 e. The Labute approximate surface area is 150 Å². The number of hydrogen-bond acceptors (Lipinski definition) is 5. The molecule has 24 heavy (non-hydrogen) atoms. The van der Waals surface area contributed by atoms with Crippen LogP contribution in [0.3, 0.4) is 0 Å². The molecule has 2 aromatic carbocycles. The van der Waals surface area contributed by atoms with Crippen molar-refractivity contribution in [3.8, 4) is 0 Å². The molecule has 0 saturated heterocycles. The molecule has 0 atom stereocenters. The lowest BCUT2D eigenvalue weighted by atomic mass is 10.1. The Morgan fingerprint density at radius 1 is 0.958 bits per heavy atom. The Balaban J connectivity index is 1.86. The zero-order valence-electron chi connectivity index (χ0n) is 13.1. The Bertz CT molecular complexity index is 862. The van der Waals surface area contributed by atoms with E-state index in [2.05, 4.69) is 44.0 Å². The number of rotatable bonds is 4. The van der Waals surface area contributed by atoms with Gasteiger partial charge in [0.2, 0.25) is 5.95 Å². The van der Waals surface area contributed by atoms with Gasteiger partial charge in [-0.3, -0.25) is 0 Å². The molecule has 0 saturated carbocycles. The maximum Gasteiger partial charge on any atom is 0.249 e. The first-order chi connectivity index (χ1) is 11.5. The number of halogens is 2. The highest BCUT2D eigenvalue weighted by Gasteiger charge is 2.09. The van der Waals surface area contributed by atoms with E-state index < -0.39 is 0 Å². The van der Waals surface area contributed by atoms with Gasteiger partial charge in [-0.25, -0.2) is 0 Å². The fourth-order valence-corrected chi connectivity index (χ4v) is 2.65. The Kier molecular flexibility index (Phi) is 4.83. The van der Waals surface area contributed by atoms with Gasteiger partial charge in [-0.15, -0.1) is 5.10 Å². The van der Waals surface area contributed by atoms with Crippen molar-refractivity contribution in [2.24, 2.45) is 0 Å². The Morgan fingerprint density at radius 2 is 1.71 bits per heavy atom. The SMILES string of the molecule is Cc1ccc(C)c(Nc2cnnc(Nc3c(Cl)cccc3Cl)n2)c1. The average molecular weight is 360 g/mol. The van der Waals surface area contributed by atoms with Gasteiger partial charge in [-0.1, -0.05) is 41.4 Å². The molecule has 0 unspecified atom stereocenters. The second kappa shape index (κ2) is 7.03. The van der Waals surface area contributed by atoms with E-state index in [1.54, 1.807) is 24.4 Å². The van der Waals surface area contributed by atoms with Crippen LogP contribution < -0.4 is 10.6 Å². The highest BCUT2D eigenvalue weighted by Crippen LogP contribution is 2.31. The third kappa shape index (κ3) is 3.75. The van der Waals surface area contributed by atoms with Crippen LogP contribution in [0.5, 0.6) is 0 Å². The number of aromatic nitrogens is 3. The fourth-order valence-electron chi connectivity index (χ4n) is 2.15. The molecule has 3 aromatic rings. The summed E-state index contributed by atoms with van der Waals surface area (Å²) in [6.45, 7) is 4.06. The van der Waals surface area contributed by atoms with E-state index in [-0.39, 0.29) is 0 Å². The standard InChI is InChI=1S/C17H15Cl2N5/c1-10-6-7-11(2)14(8-10)21-15-9-20-24-17(22-15)23-16-12(18)4-3-5-13(16)19/h3-9H,1-2H3,(H2,21,22,23,24). The molecule has 122 valence electrons. The lowest BCUT2D eigenvalue weighted by molar-refractivity contribution is 0.982. The molecule has 0 fully saturated rings. The Hall–Kier alpha value is -2.37. The summed E-state index contributed by atoms with van der Waals surface area (Å²) in [7, 11) is 0. The molecule has 2 N–H and O–H groups in total. The van der Waals surface area contributed by atoms with Crippen molar-refractivity contribution in [1.82, 2.24) is 15.2 Å². The van der Waals surface area contributed by atoms with Crippen molar-refractivity contribution >= 4 is 46.3 Å². The van der Waals surface area contributed by atoms with Gasteiger partial charge < -0.3 is 10.6 Å². The van der Waals surface area contributed by atoms with Crippen LogP contribution in [0, 0.1) is 13.8 Å². The fraction of sp³-hybridized carbons (Fsp3) is 0.118. The van der Waals surface area contributed by atoms with Gasteiger partial charge in [-0.05, 0) is 43.2 Å². The zero-order chi connectivity index (χ0) is 17.1. The lowest BCUT2D eigenvalue weighted by Gasteiger charge is -2.11. The predicted molar refractivity (Wildman–Crippen MR) is 98.8 cm³/mol. The van der Waals surface area contributed by atoms with Gasteiger partial charge in [0, 0.05) is 5.69 Å². The van der Waals surface area contributed by atoms with Gasteiger partial charge in [-0.2, -0.15) is 10.1 Å². The zero-order valence-corrected chi connectivity index (χ0v) is 14.7. The van der Waals surface area contributed by atoms with E-state index in [1.165, 1.54) is 0 Å². The van der Waals surface area contributed by atoms with Gasteiger partial charge >= 0.3 is 0 Å². The smallest absolute Gasteiger partial charge is 0.249 e. The minimum atomic E-state index is 0.306. The van der Waals surface area contributed by atoms with Crippen LogP contribution in [-0.4, -0.2) is 15.2 Å². The van der Waals surface area contributed by atoms with Crippen molar-refractivity contribution in [2.45, 2.75) is 13.8 Å². The van der Waals surface area contributed by atoms with Crippen LogP contribution in [-0.2, 0) is 0 Å². The van der Waals surface area contributed by atoms with E-state index in [0.29, 0.717) is 27.5 Å². The molecule has 0 spiro atoms. The molecule has 0 amide bonds. The molecular weight excluding hydrogens is 345 g/mol. The molecule has 3 rings (SSSR count). The molecule has 0 radical (unpaired) electrons. The number of para-hydroxylation sites is 1. The van der Waals surface area contributed by atoms with Gasteiger partial charge in [0.05, 0.1) is 21.9 Å². The molecule has 0 aliphatic heterocycles. The van der Waals surface area contributed by atoms with E-state index >= 15 is 0 Å². The molecular formula is C17H15Cl2N5. The van der Waals surface area contributed by atoms with Crippen LogP contribution in [0.1, 0.15) is 11.1 Å². The number of anilines is 4. The first kappa shape index (κ1) is 16.5. The summed E-state index contributed by atoms with van der Waals surface area (Å²) in [4.78, 5) is 4.40. The molecule has 0 bridgehead atoms.